The molecule has 1 atom stereocenters. The third-order valence-electron chi connectivity index (χ3n) is 4.48. The van der Waals surface area contributed by atoms with E-state index < -0.39 is 11.6 Å². The molecule has 0 aromatic heterocycles. The SMILES string of the molecule is Fc1cccc(-c2cccc3c2CC[C@H]3Oc2ccccc2)c1F. The van der Waals surface area contributed by atoms with Crippen LogP contribution in [0.2, 0.25) is 0 Å². The van der Waals surface area contributed by atoms with E-state index in [1.54, 1.807) is 12.1 Å². The van der Waals surface area contributed by atoms with Gasteiger partial charge in [-0.25, -0.2) is 8.78 Å². The summed E-state index contributed by atoms with van der Waals surface area (Å²) in [7, 11) is 0. The van der Waals surface area contributed by atoms with Crippen molar-refractivity contribution >= 4 is 0 Å². The van der Waals surface area contributed by atoms with Crippen LogP contribution in [-0.4, -0.2) is 0 Å². The van der Waals surface area contributed by atoms with Gasteiger partial charge in [-0.05, 0) is 47.7 Å². The third kappa shape index (κ3) is 2.56. The Morgan fingerprint density at radius 3 is 2.38 bits per heavy atom. The predicted molar refractivity (Wildman–Crippen MR) is 89.9 cm³/mol. The first-order valence-corrected chi connectivity index (χ1v) is 8.02. The molecular weight excluding hydrogens is 306 g/mol. The van der Waals surface area contributed by atoms with Gasteiger partial charge < -0.3 is 4.74 Å². The molecule has 4 rings (SSSR count). The van der Waals surface area contributed by atoms with Crippen LogP contribution < -0.4 is 4.74 Å². The summed E-state index contributed by atoms with van der Waals surface area (Å²) in [5.41, 5.74) is 3.17. The lowest BCUT2D eigenvalue weighted by atomic mass is 9.96. The van der Waals surface area contributed by atoms with Crippen molar-refractivity contribution in [2.24, 2.45) is 0 Å². The van der Waals surface area contributed by atoms with Gasteiger partial charge in [-0.1, -0.05) is 48.5 Å². The molecule has 1 aliphatic rings. The van der Waals surface area contributed by atoms with Crippen LogP contribution in [0.1, 0.15) is 23.7 Å². The molecule has 0 bridgehead atoms. The second-order valence-corrected chi connectivity index (χ2v) is 5.93. The Labute approximate surface area is 139 Å². The number of fused-ring (bicyclic) bond motifs is 1. The van der Waals surface area contributed by atoms with Gasteiger partial charge in [0.15, 0.2) is 11.6 Å². The van der Waals surface area contributed by atoms with Gasteiger partial charge in [-0.3, -0.25) is 0 Å². The Morgan fingerprint density at radius 1 is 0.792 bits per heavy atom. The zero-order valence-electron chi connectivity index (χ0n) is 13.0. The quantitative estimate of drug-likeness (QED) is 0.601. The summed E-state index contributed by atoms with van der Waals surface area (Å²) in [6.07, 6.45) is 1.57. The van der Waals surface area contributed by atoms with E-state index in [0.717, 1.165) is 41.3 Å². The van der Waals surface area contributed by atoms with E-state index in [1.165, 1.54) is 0 Å². The number of hydrogen-bond acceptors (Lipinski definition) is 1. The van der Waals surface area contributed by atoms with Crippen LogP contribution in [0.15, 0.2) is 66.7 Å². The summed E-state index contributed by atoms with van der Waals surface area (Å²) < 4.78 is 33.9. The van der Waals surface area contributed by atoms with Gasteiger partial charge in [0.25, 0.3) is 0 Å². The molecule has 24 heavy (non-hydrogen) atoms. The van der Waals surface area contributed by atoms with E-state index in [1.807, 2.05) is 48.5 Å². The average molecular weight is 322 g/mol. The molecule has 0 aliphatic heterocycles. The number of ether oxygens (including phenoxy) is 1. The topological polar surface area (TPSA) is 9.23 Å². The highest BCUT2D eigenvalue weighted by atomic mass is 19.2. The number of benzene rings is 3. The largest absolute Gasteiger partial charge is 0.486 e. The molecule has 0 unspecified atom stereocenters. The van der Waals surface area contributed by atoms with Gasteiger partial charge in [0, 0.05) is 5.56 Å². The smallest absolute Gasteiger partial charge is 0.166 e. The van der Waals surface area contributed by atoms with Crippen LogP contribution in [-0.2, 0) is 6.42 Å². The molecule has 3 aromatic carbocycles. The zero-order chi connectivity index (χ0) is 16.5. The lowest BCUT2D eigenvalue weighted by Gasteiger charge is -2.16. The third-order valence-corrected chi connectivity index (χ3v) is 4.48. The molecule has 120 valence electrons. The molecule has 1 aliphatic carbocycles. The van der Waals surface area contributed by atoms with Crippen molar-refractivity contribution in [1.29, 1.82) is 0 Å². The van der Waals surface area contributed by atoms with E-state index in [4.69, 9.17) is 4.74 Å². The predicted octanol–water partition coefficient (Wildman–Crippen LogP) is 5.70. The molecule has 0 fully saturated rings. The molecule has 3 aromatic rings. The minimum atomic E-state index is -0.819. The van der Waals surface area contributed by atoms with E-state index in [2.05, 4.69) is 0 Å². The minimum Gasteiger partial charge on any atom is -0.486 e. The average Bonchev–Trinajstić information content (AvgIpc) is 3.02. The van der Waals surface area contributed by atoms with Gasteiger partial charge in [-0.2, -0.15) is 0 Å². The highest BCUT2D eigenvalue weighted by Crippen LogP contribution is 2.40. The molecule has 3 heteroatoms. The zero-order valence-corrected chi connectivity index (χ0v) is 13.0. The molecule has 0 saturated carbocycles. The summed E-state index contributed by atoms with van der Waals surface area (Å²) in [5, 5.41) is 0. The molecule has 0 N–H and O–H groups in total. The van der Waals surface area contributed by atoms with Crippen molar-refractivity contribution < 1.29 is 13.5 Å². The number of rotatable bonds is 3. The number of hydrogen-bond donors (Lipinski definition) is 0. The standard InChI is InChI=1S/C21H16F2O/c22-19-11-5-10-18(21(19)23)15-8-4-9-17-16(15)12-13-20(17)24-14-6-2-1-3-7-14/h1-11,20H,12-13H2/t20-/m1/s1. The Kier molecular flexibility index (Phi) is 3.77. The fourth-order valence-corrected chi connectivity index (χ4v) is 3.37. The fourth-order valence-electron chi connectivity index (χ4n) is 3.37. The molecule has 0 radical (unpaired) electrons. The monoisotopic (exact) mass is 322 g/mol. The lowest BCUT2D eigenvalue weighted by Crippen LogP contribution is -2.03. The lowest BCUT2D eigenvalue weighted by molar-refractivity contribution is 0.207. The Balaban J connectivity index is 1.73. The maximum atomic E-state index is 14.2. The van der Waals surface area contributed by atoms with Crippen LogP contribution in [0.3, 0.4) is 0 Å². The molecule has 0 amide bonds. The summed E-state index contributed by atoms with van der Waals surface area (Å²) in [6.45, 7) is 0. The molecule has 1 nitrogen and oxygen atoms in total. The van der Waals surface area contributed by atoms with Gasteiger partial charge >= 0.3 is 0 Å². The van der Waals surface area contributed by atoms with Crippen LogP contribution in [0, 0.1) is 11.6 Å². The van der Waals surface area contributed by atoms with Crippen molar-refractivity contribution in [2.45, 2.75) is 18.9 Å². The highest BCUT2D eigenvalue weighted by molar-refractivity contribution is 5.70. The van der Waals surface area contributed by atoms with Gasteiger partial charge in [0.2, 0.25) is 0 Å². The molecular formula is C21H16F2O. The van der Waals surface area contributed by atoms with Crippen LogP contribution in [0.4, 0.5) is 8.78 Å². The Morgan fingerprint density at radius 2 is 1.54 bits per heavy atom. The van der Waals surface area contributed by atoms with Crippen LogP contribution in [0.5, 0.6) is 5.75 Å². The highest BCUT2D eigenvalue weighted by Gasteiger charge is 2.27. The van der Waals surface area contributed by atoms with E-state index in [9.17, 15) is 8.78 Å². The molecule has 0 saturated heterocycles. The normalized spacial score (nSPS) is 16.0. The van der Waals surface area contributed by atoms with Crippen molar-refractivity contribution in [3.63, 3.8) is 0 Å². The van der Waals surface area contributed by atoms with E-state index in [0.29, 0.717) is 5.56 Å². The van der Waals surface area contributed by atoms with Crippen molar-refractivity contribution in [2.75, 3.05) is 0 Å². The summed E-state index contributed by atoms with van der Waals surface area (Å²) in [6, 6.07) is 19.7. The van der Waals surface area contributed by atoms with Gasteiger partial charge in [0.1, 0.15) is 11.9 Å². The number of halogens is 2. The molecule has 0 spiro atoms. The first-order valence-electron chi connectivity index (χ1n) is 8.02. The minimum absolute atomic E-state index is 0.0565. The second kappa shape index (κ2) is 6.08. The second-order valence-electron chi connectivity index (χ2n) is 5.93. The van der Waals surface area contributed by atoms with Crippen molar-refractivity contribution in [3.05, 3.63) is 89.5 Å². The Hall–Kier alpha value is -2.68. The number of para-hydroxylation sites is 1. The van der Waals surface area contributed by atoms with Crippen LogP contribution in [0.25, 0.3) is 11.1 Å². The van der Waals surface area contributed by atoms with Gasteiger partial charge in [-0.15, -0.1) is 0 Å². The van der Waals surface area contributed by atoms with Gasteiger partial charge in [0.05, 0.1) is 0 Å². The molecule has 0 heterocycles. The van der Waals surface area contributed by atoms with Crippen LogP contribution >= 0.6 is 0 Å². The first kappa shape index (κ1) is 14.9. The fraction of sp³-hybridized carbons (Fsp3) is 0.143. The van der Waals surface area contributed by atoms with E-state index in [-0.39, 0.29) is 6.10 Å². The van der Waals surface area contributed by atoms with E-state index >= 15 is 0 Å². The van der Waals surface area contributed by atoms with Crippen molar-refractivity contribution in [1.82, 2.24) is 0 Å². The first-order chi connectivity index (χ1) is 11.7. The summed E-state index contributed by atoms with van der Waals surface area (Å²) in [4.78, 5) is 0. The Bertz CT molecular complexity index is 874. The summed E-state index contributed by atoms with van der Waals surface area (Å²) >= 11 is 0. The maximum Gasteiger partial charge on any atom is 0.166 e. The van der Waals surface area contributed by atoms with Crippen molar-refractivity contribution in [3.8, 4) is 16.9 Å². The maximum absolute atomic E-state index is 14.2. The summed E-state index contributed by atoms with van der Waals surface area (Å²) in [5.74, 6) is -0.795.